The first-order valence-corrected chi connectivity index (χ1v) is 6.86. The summed E-state index contributed by atoms with van der Waals surface area (Å²) in [6.45, 7) is 6.58. The van der Waals surface area contributed by atoms with Crippen LogP contribution in [0.25, 0.3) is 17.6 Å². The number of hydrogen-bond donors (Lipinski definition) is 1. The quantitative estimate of drug-likeness (QED) is 0.673. The Balaban J connectivity index is 3.00. The van der Waals surface area contributed by atoms with Crippen molar-refractivity contribution in [1.82, 2.24) is 9.55 Å². The zero-order valence-corrected chi connectivity index (χ0v) is 13.2. The first-order valence-electron chi connectivity index (χ1n) is 6.86. The van der Waals surface area contributed by atoms with E-state index in [0.29, 0.717) is 15.7 Å². The average molecular weight is 354 g/mol. The molecule has 0 atom stereocenters. The van der Waals surface area contributed by atoms with E-state index in [1.54, 1.807) is 13.8 Å². The molecule has 0 fully saturated rings. The number of nitrogens with zero attached hydrogens (tertiary/aromatic N) is 3. The van der Waals surface area contributed by atoms with Crippen molar-refractivity contribution in [2.45, 2.75) is 20.0 Å². The van der Waals surface area contributed by atoms with Crippen LogP contribution in [0.1, 0.15) is 16.8 Å². The predicted molar refractivity (Wildman–Crippen MR) is 85.9 cm³/mol. The van der Waals surface area contributed by atoms with E-state index in [2.05, 4.69) is 11.6 Å². The molecule has 2 aromatic rings. The molecule has 0 saturated heterocycles. The van der Waals surface area contributed by atoms with Crippen molar-refractivity contribution in [3.8, 4) is 11.4 Å². The molecule has 0 radical (unpaired) electrons. The minimum absolute atomic E-state index is 0.240. The van der Waals surface area contributed by atoms with Crippen molar-refractivity contribution in [2.24, 2.45) is 0 Å². The fourth-order valence-corrected chi connectivity index (χ4v) is 2.25. The van der Waals surface area contributed by atoms with Gasteiger partial charge in [0.25, 0.3) is 11.2 Å². The molecule has 0 amide bonds. The van der Waals surface area contributed by atoms with E-state index in [9.17, 15) is 28.1 Å². The van der Waals surface area contributed by atoms with Gasteiger partial charge in [-0.1, -0.05) is 6.58 Å². The number of rotatable bonds is 3. The zero-order valence-electron chi connectivity index (χ0n) is 13.2. The molecule has 2 N–H and O–H groups in total. The molecule has 1 heterocycles. The summed E-state index contributed by atoms with van der Waals surface area (Å²) in [5.41, 5.74) is 1.75. The van der Waals surface area contributed by atoms with E-state index in [1.165, 1.54) is 12.1 Å². The summed E-state index contributed by atoms with van der Waals surface area (Å²) in [6, 6.07) is 2.50. The number of nitrogens with two attached hydrogens (primary N) is 1. The van der Waals surface area contributed by atoms with Gasteiger partial charge < -0.3 is 5.73 Å². The van der Waals surface area contributed by atoms with Gasteiger partial charge >= 0.3 is 6.18 Å². The van der Waals surface area contributed by atoms with E-state index in [0.717, 1.165) is 6.20 Å². The van der Waals surface area contributed by atoms with Crippen LogP contribution in [0.3, 0.4) is 0 Å². The molecule has 0 spiro atoms. The monoisotopic (exact) mass is 354 g/mol. The molecule has 0 unspecified atom stereocenters. The molecular formula is C15H13F3N4O3. The summed E-state index contributed by atoms with van der Waals surface area (Å²) in [6.07, 6.45) is -4.09. The van der Waals surface area contributed by atoms with Gasteiger partial charge in [-0.05, 0) is 31.0 Å². The molecule has 10 heteroatoms. The molecular weight excluding hydrogens is 341 g/mol. The van der Waals surface area contributed by atoms with Crippen LogP contribution >= 0.6 is 0 Å². The van der Waals surface area contributed by atoms with Crippen LogP contribution in [0.2, 0.25) is 0 Å². The molecule has 0 saturated carbocycles. The minimum atomic E-state index is -4.99. The highest BCUT2D eigenvalue weighted by Gasteiger charge is 2.38. The Bertz CT molecular complexity index is 949. The molecule has 0 aliphatic rings. The summed E-state index contributed by atoms with van der Waals surface area (Å²) in [5, 5.41) is 11.3. The molecule has 0 aliphatic carbocycles. The maximum Gasteiger partial charge on any atom is 0.435 e. The van der Waals surface area contributed by atoms with Crippen LogP contribution in [0.5, 0.6) is 0 Å². The number of nitro benzene ring substituents is 1. The van der Waals surface area contributed by atoms with Gasteiger partial charge in [0, 0.05) is 12.3 Å². The molecule has 132 valence electrons. The van der Waals surface area contributed by atoms with E-state index >= 15 is 0 Å². The Labute approximate surface area is 139 Å². The van der Waals surface area contributed by atoms with E-state index in [-0.39, 0.29) is 5.56 Å². The van der Waals surface area contributed by atoms with Gasteiger partial charge in [0.1, 0.15) is 5.69 Å². The number of halogens is 3. The smallest absolute Gasteiger partial charge is 0.392 e. The standard InChI is InChI=1S/C15H13F3N4O3/c1-4-21-13(20-12(15(16,17)18)11(19)14(21)23)9-5-7(2)8(3)6-10(9)22(24)25/h4-6H,1,19H2,2-3H3. The highest BCUT2D eigenvalue weighted by Crippen LogP contribution is 2.35. The number of hydrogen-bond acceptors (Lipinski definition) is 5. The maximum absolute atomic E-state index is 13.1. The first-order chi connectivity index (χ1) is 11.5. The number of alkyl halides is 3. The highest BCUT2D eigenvalue weighted by molar-refractivity contribution is 5.72. The van der Waals surface area contributed by atoms with Gasteiger partial charge in [-0.3, -0.25) is 19.5 Å². The second kappa shape index (κ2) is 6.04. The van der Waals surface area contributed by atoms with Crippen LogP contribution in [-0.4, -0.2) is 14.5 Å². The number of nitro groups is 1. The first kappa shape index (κ1) is 18.2. The molecule has 7 nitrogen and oxygen atoms in total. The van der Waals surface area contributed by atoms with Crippen LogP contribution < -0.4 is 11.3 Å². The summed E-state index contributed by atoms with van der Waals surface area (Å²) in [7, 11) is 0. The lowest BCUT2D eigenvalue weighted by atomic mass is 10.0. The number of nitrogen functional groups attached to an aromatic ring is 1. The van der Waals surface area contributed by atoms with Crippen molar-refractivity contribution >= 4 is 17.6 Å². The van der Waals surface area contributed by atoms with Crippen LogP contribution in [0.15, 0.2) is 23.5 Å². The lowest BCUT2D eigenvalue weighted by molar-refractivity contribution is -0.384. The molecule has 0 aliphatic heterocycles. The summed E-state index contributed by atoms with van der Waals surface area (Å²) in [4.78, 5) is 26.1. The van der Waals surface area contributed by atoms with Crippen molar-refractivity contribution < 1.29 is 18.1 Å². The Morgan fingerprint density at radius 2 is 1.88 bits per heavy atom. The number of benzene rings is 1. The molecule has 1 aromatic heterocycles. The number of aryl methyl sites for hydroxylation is 2. The van der Waals surface area contributed by atoms with Crippen molar-refractivity contribution in [3.05, 3.63) is 56.0 Å². The molecule has 1 aromatic carbocycles. The Morgan fingerprint density at radius 3 is 2.36 bits per heavy atom. The summed E-state index contributed by atoms with van der Waals surface area (Å²) in [5.74, 6) is -0.559. The fraction of sp³-hybridized carbons (Fsp3) is 0.200. The highest BCUT2D eigenvalue weighted by atomic mass is 19.4. The van der Waals surface area contributed by atoms with E-state index in [4.69, 9.17) is 5.73 Å². The lowest BCUT2D eigenvalue weighted by Crippen LogP contribution is -2.28. The summed E-state index contributed by atoms with van der Waals surface area (Å²) < 4.78 is 40.0. The normalized spacial score (nSPS) is 11.4. The van der Waals surface area contributed by atoms with Gasteiger partial charge in [-0.2, -0.15) is 13.2 Å². The largest absolute Gasteiger partial charge is 0.435 e. The van der Waals surface area contributed by atoms with Gasteiger partial charge in [-0.25, -0.2) is 4.98 Å². The summed E-state index contributed by atoms with van der Waals surface area (Å²) >= 11 is 0. The third kappa shape index (κ3) is 3.10. The van der Waals surface area contributed by atoms with Crippen LogP contribution in [0.4, 0.5) is 24.5 Å². The Hall–Kier alpha value is -3.17. The molecule has 0 bridgehead atoms. The second-order valence-corrected chi connectivity index (χ2v) is 5.26. The second-order valence-electron chi connectivity index (χ2n) is 5.26. The third-order valence-corrected chi connectivity index (χ3v) is 3.65. The van der Waals surface area contributed by atoms with Gasteiger partial charge in [0.05, 0.1) is 10.5 Å². The van der Waals surface area contributed by atoms with E-state index in [1.807, 2.05) is 0 Å². The van der Waals surface area contributed by atoms with Crippen LogP contribution in [0, 0.1) is 24.0 Å². The zero-order chi connectivity index (χ0) is 19.1. The van der Waals surface area contributed by atoms with Crippen molar-refractivity contribution in [2.75, 3.05) is 5.73 Å². The topological polar surface area (TPSA) is 104 Å². The van der Waals surface area contributed by atoms with E-state index < -0.39 is 39.6 Å². The maximum atomic E-state index is 13.1. The van der Waals surface area contributed by atoms with Crippen molar-refractivity contribution in [3.63, 3.8) is 0 Å². The van der Waals surface area contributed by atoms with Crippen molar-refractivity contribution in [1.29, 1.82) is 0 Å². The SMILES string of the molecule is C=Cn1c(-c2cc(C)c(C)cc2[N+](=O)[O-])nc(C(F)(F)F)c(N)c1=O. The van der Waals surface area contributed by atoms with Gasteiger partial charge in [0.2, 0.25) is 0 Å². The Morgan fingerprint density at radius 1 is 1.32 bits per heavy atom. The third-order valence-electron chi connectivity index (χ3n) is 3.65. The predicted octanol–water partition coefficient (Wildman–Crippen LogP) is 3.14. The minimum Gasteiger partial charge on any atom is -0.392 e. The van der Waals surface area contributed by atoms with Gasteiger partial charge in [-0.15, -0.1) is 0 Å². The molecule has 2 rings (SSSR count). The number of aromatic nitrogens is 2. The Kier molecular flexibility index (Phi) is 4.39. The lowest BCUT2D eigenvalue weighted by Gasteiger charge is -2.15. The average Bonchev–Trinajstić information content (AvgIpc) is 2.50. The fourth-order valence-electron chi connectivity index (χ4n) is 2.25. The molecule has 25 heavy (non-hydrogen) atoms. The number of anilines is 1. The van der Waals surface area contributed by atoms with Gasteiger partial charge in [0.15, 0.2) is 11.5 Å². The van der Waals surface area contributed by atoms with Crippen LogP contribution in [-0.2, 0) is 6.18 Å².